The fraction of sp³-hybridized carbons (Fsp3) is 0.316. The summed E-state index contributed by atoms with van der Waals surface area (Å²) in [6.07, 6.45) is 0.579. The molecule has 1 saturated heterocycles. The van der Waals surface area contributed by atoms with Gasteiger partial charge in [-0.25, -0.2) is 17.2 Å². The van der Waals surface area contributed by atoms with Crippen molar-refractivity contribution in [2.24, 2.45) is 5.92 Å². The summed E-state index contributed by atoms with van der Waals surface area (Å²) in [5, 5.41) is 3.20. The average molecular weight is 445 g/mol. The first-order valence-electron chi connectivity index (χ1n) is 8.82. The van der Waals surface area contributed by atoms with E-state index in [2.05, 4.69) is 5.32 Å². The number of rotatable bonds is 5. The molecular formula is C19H19ClF2N2O4S. The number of nitrogens with one attached hydrogen (secondary N) is 1. The van der Waals surface area contributed by atoms with Crippen molar-refractivity contribution in [3.8, 4) is 5.75 Å². The highest BCUT2D eigenvalue weighted by Crippen LogP contribution is 2.30. The maximum Gasteiger partial charge on any atom is 0.243 e. The molecule has 0 saturated carbocycles. The highest BCUT2D eigenvalue weighted by molar-refractivity contribution is 7.89. The zero-order valence-electron chi connectivity index (χ0n) is 15.5. The van der Waals surface area contributed by atoms with E-state index in [1.54, 1.807) is 18.2 Å². The Labute approximate surface area is 172 Å². The van der Waals surface area contributed by atoms with Crippen molar-refractivity contribution >= 4 is 33.2 Å². The standard InChI is InChI=1S/C19H19ClF2N2O4S/c1-28-18-5-2-13(20)10-17(18)23-19(25)12-6-8-24(9-7-12)29(26,27)14-3-4-15(21)16(22)11-14/h2-5,10-12H,6-9H2,1H3,(H,23,25). The second kappa shape index (κ2) is 8.64. The molecular weight excluding hydrogens is 426 g/mol. The van der Waals surface area contributed by atoms with E-state index in [1.165, 1.54) is 11.4 Å². The monoisotopic (exact) mass is 444 g/mol. The van der Waals surface area contributed by atoms with E-state index in [1.807, 2.05) is 0 Å². The Bertz CT molecular complexity index is 1020. The van der Waals surface area contributed by atoms with E-state index in [0.717, 1.165) is 12.1 Å². The number of anilines is 1. The number of ether oxygens (including phenoxy) is 1. The van der Waals surface area contributed by atoms with Gasteiger partial charge in [0, 0.05) is 24.0 Å². The summed E-state index contributed by atoms with van der Waals surface area (Å²) in [5.74, 6) is -2.56. The number of methoxy groups -OCH3 is 1. The molecule has 0 aromatic heterocycles. The summed E-state index contributed by atoms with van der Waals surface area (Å²) >= 11 is 5.96. The smallest absolute Gasteiger partial charge is 0.243 e. The van der Waals surface area contributed by atoms with Gasteiger partial charge < -0.3 is 10.1 Å². The van der Waals surface area contributed by atoms with Crippen LogP contribution in [-0.2, 0) is 14.8 Å². The van der Waals surface area contributed by atoms with Gasteiger partial charge in [-0.15, -0.1) is 0 Å². The van der Waals surface area contributed by atoms with Gasteiger partial charge in [-0.05, 0) is 49.2 Å². The van der Waals surface area contributed by atoms with Crippen LogP contribution in [0.5, 0.6) is 5.75 Å². The van der Waals surface area contributed by atoms with Gasteiger partial charge in [-0.1, -0.05) is 11.6 Å². The van der Waals surface area contributed by atoms with E-state index in [0.29, 0.717) is 22.5 Å². The topological polar surface area (TPSA) is 75.7 Å². The lowest BCUT2D eigenvalue weighted by molar-refractivity contribution is -0.120. The first-order chi connectivity index (χ1) is 13.7. The van der Waals surface area contributed by atoms with E-state index in [9.17, 15) is 22.0 Å². The van der Waals surface area contributed by atoms with Gasteiger partial charge in [-0.2, -0.15) is 4.31 Å². The molecule has 0 aliphatic carbocycles. The molecule has 1 heterocycles. The quantitative estimate of drug-likeness (QED) is 0.763. The lowest BCUT2D eigenvalue weighted by atomic mass is 9.97. The molecule has 0 atom stereocenters. The van der Waals surface area contributed by atoms with E-state index in [4.69, 9.17) is 16.3 Å². The van der Waals surface area contributed by atoms with Gasteiger partial charge in [0.05, 0.1) is 17.7 Å². The molecule has 6 nitrogen and oxygen atoms in total. The fourth-order valence-corrected chi connectivity index (χ4v) is 4.81. The Kier molecular flexibility index (Phi) is 6.40. The van der Waals surface area contributed by atoms with Gasteiger partial charge in [0.2, 0.25) is 15.9 Å². The zero-order valence-corrected chi connectivity index (χ0v) is 17.1. The number of hydrogen-bond donors (Lipinski definition) is 1. The maximum atomic E-state index is 13.4. The van der Waals surface area contributed by atoms with Gasteiger partial charge in [0.25, 0.3) is 0 Å². The molecule has 0 bridgehead atoms. The lowest BCUT2D eigenvalue weighted by Gasteiger charge is -2.30. The van der Waals surface area contributed by atoms with Crippen molar-refractivity contribution in [2.75, 3.05) is 25.5 Å². The second-order valence-electron chi connectivity index (χ2n) is 6.59. The predicted octanol–water partition coefficient (Wildman–Crippen LogP) is 3.67. The summed E-state index contributed by atoms with van der Waals surface area (Å²) in [4.78, 5) is 12.3. The van der Waals surface area contributed by atoms with Crippen LogP contribution in [0.4, 0.5) is 14.5 Å². The van der Waals surface area contributed by atoms with Crippen LogP contribution in [0.15, 0.2) is 41.3 Å². The van der Waals surface area contributed by atoms with Crippen molar-refractivity contribution in [3.63, 3.8) is 0 Å². The molecule has 0 unspecified atom stereocenters. The summed E-state index contributed by atoms with van der Waals surface area (Å²) in [6, 6.07) is 7.31. The fourth-order valence-electron chi connectivity index (χ4n) is 3.16. The molecule has 3 rings (SSSR count). The van der Waals surface area contributed by atoms with Crippen molar-refractivity contribution in [1.82, 2.24) is 4.31 Å². The van der Waals surface area contributed by atoms with Crippen LogP contribution in [0, 0.1) is 17.6 Å². The van der Waals surface area contributed by atoms with Crippen LogP contribution in [0.1, 0.15) is 12.8 Å². The third-order valence-electron chi connectivity index (χ3n) is 4.77. The molecule has 29 heavy (non-hydrogen) atoms. The van der Waals surface area contributed by atoms with Crippen LogP contribution in [-0.4, -0.2) is 38.8 Å². The molecule has 1 N–H and O–H groups in total. The van der Waals surface area contributed by atoms with Crippen LogP contribution in [0.25, 0.3) is 0 Å². The normalized spacial score (nSPS) is 15.9. The Balaban J connectivity index is 1.66. The van der Waals surface area contributed by atoms with Gasteiger partial charge in [0.15, 0.2) is 11.6 Å². The third kappa shape index (κ3) is 4.68. The molecule has 2 aromatic rings. The Morgan fingerprint density at radius 2 is 1.83 bits per heavy atom. The molecule has 0 spiro atoms. The van der Waals surface area contributed by atoms with Crippen LogP contribution in [0.2, 0.25) is 5.02 Å². The Hall–Kier alpha value is -2.23. The number of nitrogens with zero attached hydrogens (tertiary/aromatic N) is 1. The Morgan fingerprint density at radius 3 is 2.45 bits per heavy atom. The van der Waals surface area contributed by atoms with Crippen LogP contribution in [0.3, 0.4) is 0 Å². The number of amides is 1. The average Bonchev–Trinajstić information content (AvgIpc) is 2.70. The summed E-state index contributed by atoms with van der Waals surface area (Å²) in [7, 11) is -2.50. The number of hydrogen-bond acceptors (Lipinski definition) is 4. The largest absolute Gasteiger partial charge is 0.495 e. The number of piperidine rings is 1. The molecule has 1 aliphatic heterocycles. The number of halogens is 3. The van der Waals surface area contributed by atoms with Gasteiger partial charge in [0.1, 0.15) is 5.75 Å². The van der Waals surface area contributed by atoms with Crippen molar-refractivity contribution in [1.29, 1.82) is 0 Å². The SMILES string of the molecule is COc1ccc(Cl)cc1NC(=O)C1CCN(S(=O)(=O)c2ccc(F)c(F)c2)CC1. The molecule has 1 amide bonds. The van der Waals surface area contributed by atoms with Crippen LogP contribution >= 0.6 is 11.6 Å². The number of sulfonamides is 1. The molecule has 0 radical (unpaired) electrons. The number of benzene rings is 2. The maximum absolute atomic E-state index is 13.4. The number of carbonyl (C=O) groups excluding carboxylic acids is 1. The third-order valence-corrected chi connectivity index (χ3v) is 6.90. The minimum absolute atomic E-state index is 0.0894. The summed E-state index contributed by atoms with van der Waals surface area (Å²) in [5.41, 5.74) is 0.432. The first kappa shape index (κ1) is 21.5. The highest BCUT2D eigenvalue weighted by atomic mass is 35.5. The summed E-state index contributed by atoms with van der Waals surface area (Å²) < 4.78 is 58.2. The zero-order chi connectivity index (χ0) is 21.2. The molecule has 2 aromatic carbocycles. The predicted molar refractivity (Wildman–Crippen MR) is 104 cm³/mol. The van der Waals surface area contributed by atoms with E-state index in [-0.39, 0.29) is 36.7 Å². The van der Waals surface area contributed by atoms with Crippen molar-refractivity contribution < 1.29 is 26.7 Å². The van der Waals surface area contributed by atoms with E-state index >= 15 is 0 Å². The minimum atomic E-state index is -3.97. The summed E-state index contributed by atoms with van der Waals surface area (Å²) in [6.45, 7) is 0.179. The Morgan fingerprint density at radius 1 is 1.14 bits per heavy atom. The second-order valence-corrected chi connectivity index (χ2v) is 8.96. The minimum Gasteiger partial charge on any atom is -0.495 e. The highest BCUT2D eigenvalue weighted by Gasteiger charge is 2.32. The van der Waals surface area contributed by atoms with Gasteiger partial charge >= 0.3 is 0 Å². The molecule has 10 heteroatoms. The van der Waals surface area contributed by atoms with Crippen LogP contribution < -0.4 is 10.1 Å². The molecule has 1 aliphatic rings. The first-order valence-corrected chi connectivity index (χ1v) is 10.6. The van der Waals surface area contributed by atoms with Gasteiger partial charge in [-0.3, -0.25) is 4.79 Å². The van der Waals surface area contributed by atoms with E-state index < -0.39 is 27.6 Å². The van der Waals surface area contributed by atoms with Crippen molar-refractivity contribution in [2.45, 2.75) is 17.7 Å². The molecule has 1 fully saturated rings. The number of carbonyl (C=O) groups is 1. The van der Waals surface area contributed by atoms with Crippen molar-refractivity contribution in [3.05, 3.63) is 53.1 Å². The lowest BCUT2D eigenvalue weighted by Crippen LogP contribution is -2.41. The molecule has 156 valence electrons.